The van der Waals surface area contributed by atoms with Crippen LogP contribution in [0.25, 0.3) is 0 Å². The zero-order chi connectivity index (χ0) is 15.0. The number of hydrogen-bond donors (Lipinski definition) is 2. The number of carbonyl (C=O) groups is 1. The predicted octanol–water partition coefficient (Wildman–Crippen LogP) is 1.47. The number of carbonyl (C=O) groups excluding carboxylic acids is 1. The average molecular weight is 277 g/mol. The summed E-state index contributed by atoms with van der Waals surface area (Å²) in [7, 11) is 3.09. The van der Waals surface area contributed by atoms with Crippen molar-refractivity contribution in [3.63, 3.8) is 0 Å². The maximum Gasteiger partial charge on any atom is 0.310 e. The van der Waals surface area contributed by atoms with Crippen molar-refractivity contribution in [1.82, 2.24) is 10.6 Å². The lowest BCUT2D eigenvalue weighted by atomic mass is 10.1. The Morgan fingerprint density at radius 1 is 1.30 bits per heavy atom. The molecular formula is C15H23N3O2. The molecule has 0 heterocycles. The van der Waals surface area contributed by atoms with Gasteiger partial charge in [0.1, 0.15) is 0 Å². The number of hydrogen-bond acceptors (Lipinski definition) is 3. The smallest absolute Gasteiger partial charge is 0.310 e. The van der Waals surface area contributed by atoms with Gasteiger partial charge in [-0.1, -0.05) is 36.8 Å². The fraction of sp³-hybridized carbons (Fsp3) is 0.467. The Morgan fingerprint density at radius 3 is 2.50 bits per heavy atom. The van der Waals surface area contributed by atoms with Crippen molar-refractivity contribution >= 4 is 11.9 Å². The number of esters is 1. The van der Waals surface area contributed by atoms with E-state index in [0.29, 0.717) is 19.0 Å². The molecule has 5 heteroatoms. The van der Waals surface area contributed by atoms with Crippen molar-refractivity contribution in [2.24, 2.45) is 10.9 Å². The summed E-state index contributed by atoms with van der Waals surface area (Å²) < 4.78 is 4.68. The molecular weight excluding hydrogens is 254 g/mol. The van der Waals surface area contributed by atoms with Gasteiger partial charge in [-0.15, -0.1) is 0 Å². The molecule has 0 amide bonds. The first kappa shape index (κ1) is 16.0. The largest absolute Gasteiger partial charge is 0.469 e. The summed E-state index contributed by atoms with van der Waals surface area (Å²) >= 11 is 0. The summed E-state index contributed by atoms with van der Waals surface area (Å²) in [5.74, 6) is 0.228. The second kappa shape index (κ2) is 8.19. The quantitative estimate of drug-likeness (QED) is 0.486. The Morgan fingerprint density at radius 2 is 1.95 bits per heavy atom. The van der Waals surface area contributed by atoms with Crippen LogP contribution in [0.2, 0.25) is 0 Å². The first-order chi connectivity index (χ1) is 9.56. The molecule has 0 aliphatic carbocycles. The van der Waals surface area contributed by atoms with E-state index in [2.05, 4.69) is 51.6 Å². The van der Waals surface area contributed by atoms with Gasteiger partial charge in [0, 0.05) is 20.1 Å². The number of ether oxygens (including phenoxy) is 1. The highest BCUT2D eigenvalue weighted by molar-refractivity contribution is 5.80. The van der Waals surface area contributed by atoms with Gasteiger partial charge in [-0.2, -0.15) is 0 Å². The molecule has 1 rings (SSSR count). The monoisotopic (exact) mass is 277 g/mol. The number of nitrogens with one attached hydrogen (secondary N) is 2. The van der Waals surface area contributed by atoms with Gasteiger partial charge < -0.3 is 15.4 Å². The Balaban J connectivity index is 2.40. The van der Waals surface area contributed by atoms with Crippen LogP contribution in [0.4, 0.5) is 0 Å². The summed E-state index contributed by atoms with van der Waals surface area (Å²) in [5.41, 5.74) is 2.42. The fourth-order valence-corrected chi connectivity index (χ4v) is 1.65. The number of aryl methyl sites for hydroxylation is 1. The van der Waals surface area contributed by atoms with Crippen LogP contribution in [0.1, 0.15) is 18.1 Å². The summed E-state index contributed by atoms with van der Waals surface area (Å²) in [6.07, 6.45) is 0. The van der Waals surface area contributed by atoms with Crippen LogP contribution < -0.4 is 10.6 Å². The first-order valence-electron chi connectivity index (χ1n) is 6.64. The second-order valence-electron chi connectivity index (χ2n) is 4.72. The summed E-state index contributed by atoms with van der Waals surface area (Å²) in [6, 6.07) is 8.30. The van der Waals surface area contributed by atoms with Crippen LogP contribution in [0.5, 0.6) is 0 Å². The van der Waals surface area contributed by atoms with E-state index in [1.54, 1.807) is 7.05 Å². The van der Waals surface area contributed by atoms with Crippen LogP contribution in [0, 0.1) is 12.8 Å². The Labute approximate surface area is 120 Å². The van der Waals surface area contributed by atoms with Crippen LogP contribution in [-0.2, 0) is 16.1 Å². The van der Waals surface area contributed by atoms with Crippen molar-refractivity contribution in [2.75, 3.05) is 20.7 Å². The molecule has 1 unspecified atom stereocenters. The zero-order valence-electron chi connectivity index (χ0n) is 12.6. The lowest BCUT2D eigenvalue weighted by Crippen LogP contribution is -2.40. The molecule has 0 saturated heterocycles. The van der Waals surface area contributed by atoms with E-state index >= 15 is 0 Å². The second-order valence-corrected chi connectivity index (χ2v) is 4.72. The molecule has 0 radical (unpaired) electrons. The molecule has 1 aromatic rings. The number of aliphatic imine (C=N–C) groups is 1. The summed E-state index contributed by atoms with van der Waals surface area (Å²) in [4.78, 5) is 15.4. The minimum Gasteiger partial charge on any atom is -0.469 e. The van der Waals surface area contributed by atoms with Crippen LogP contribution in [-0.4, -0.2) is 32.6 Å². The van der Waals surface area contributed by atoms with Gasteiger partial charge in [0.2, 0.25) is 0 Å². The fourth-order valence-electron chi connectivity index (χ4n) is 1.65. The molecule has 110 valence electrons. The van der Waals surface area contributed by atoms with E-state index in [1.165, 1.54) is 18.2 Å². The molecule has 2 N–H and O–H groups in total. The van der Waals surface area contributed by atoms with E-state index in [4.69, 9.17) is 0 Å². The van der Waals surface area contributed by atoms with Gasteiger partial charge in [-0.05, 0) is 12.5 Å². The van der Waals surface area contributed by atoms with E-state index in [9.17, 15) is 4.79 Å². The third kappa shape index (κ3) is 5.30. The highest BCUT2D eigenvalue weighted by atomic mass is 16.5. The van der Waals surface area contributed by atoms with E-state index < -0.39 is 0 Å². The molecule has 0 aromatic heterocycles. The van der Waals surface area contributed by atoms with Gasteiger partial charge >= 0.3 is 5.97 Å². The number of nitrogens with zero attached hydrogens (tertiary/aromatic N) is 1. The Hall–Kier alpha value is -2.04. The standard InChI is InChI=1S/C15H23N3O2/c1-11-5-7-13(8-6-11)10-18-15(16-3)17-9-12(2)14(19)20-4/h5-8,12H,9-10H2,1-4H3,(H2,16,17,18). The number of methoxy groups -OCH3 is 1. The molecule has 1 aromatic carbocycles. The molecule has 1 atom stereocenters. The average Bonchev–Trinajstić information content (AvgIpc) is 2.48. The number of guanidine groups is 1. The Kier molecular flexibility index (Phi) is 6.56. The SMILES string of the molecule is CN=C(NCc1ccc(C)cc1)NCC(C)C(=O)OC. The Bertz CT molecular complexity index is 455. The maximum atomic E-state index is 11.3. The van der Waals surface area contributed by atoms with E-state index in [-0.39, 0.29) is 11.9 Å². The maximum absolute atomic E-state index is 11.3. The lowest BCUT2D eigenvalue weighted by molar-refractivity contribution is -0.144. The van der Waals surface area contributed by atoms with Gasteiger partial charge in [-0.3, -0.25) is 9.79 Å². The van der Waals surface area contributed by atoms with Gasteiger partial charge in [0.25, 0.3) is 0 Å². The van der Waals surface area contributed by atoms with Gasteiger partial charge in [0.15, 0.2) is 5.96 Å². The molecule has 20 heavy (non-hydrogen) atoms. The van der Waals surface area contributed by atoms with E-state index in [1.807, 2.05) is 6.92 Å². The third-order valence-corrected chi connectivity index (χ3v) is 2.98. The van der Waals surface area contributed by atoms with Crippen molar-refractivity contribution in [3.05, 3.63) is 35.4 Å². The van der Waals surface area contributed by atoms with Crippen molar-refractivity contribution < 1.29 is 9.53 Å². The predicted molar refractivity (Wildman–Crippen MR) is 80.6 cm³/mol. The molecule has 0 fully saturated rings. The highest BCUT2D eigenvalue weighted by Crippen LogP contribution is 2.02. The third-order valence-electron chi connectivity index (χ3n) is 2.98. The minimum absolute atomic E-state index is 0.210. The minimum atomic E-state index is -0.230. The molecule has 0 saturated carbocycles. The highest BCUT2D eigenvalue weighted by Gasteiger charge is 2.13. The number of rotatable bonds is 5. The van der Waals surface area contributed by atoms with Crippen molar-refractivity contribution in [1.29, 1.82) is 0 Å². The zero-order valence-corrected chi connectivity index (χ0v) is 12.6. The lowest BCUT2D eigenvalue weighted by Gasteiger charge is -2.14. The van der Waals surface area contributed by atoms with Crippen molar-refractivity contribution in [2.45, 2.75) is 20.4 Å². The summed E-state index contributed by atoms with van der Waals surface area (Å²) in [6.45, 7) is 5.05. The van der Waals surface area contributed by atoms with Crippen LogP contribution in [0.3, 0.4) is 0 Å². The topological polar surface area (TPSA) is 62.7 Å². The molecule has 0 aliphatic rings. The number of benzene rings is 1. The molecule has 5 nitrogen and oxygen atoms in total. The van der Waals surface area contributed by atoms with Gasteiger partial charge in [0.05, 0.1) is 13.0 Å². The van der Waals surface area contributed by atoms with Crippen molar-refractivity contribution in [3.8, 4) is 0 Å². The summed E-state index contributed by atoms with van der Waals surface area (Å²) in [5, 5.41) is 6.31. The van der Waals surface area contributed by atoms with Crippen LogP contribution in [0.15, 0.2) is 29.3 Å². The first-order valence-corrected chi connectivity index (χ1v) is 6.64. The molecule has 0 bridgehead atoms. The normalized spacial score (nSPS) is 12.7. The van der Waals surface area contributed by atoms with Gasteiger partial charge in [-0.25, -0.2) is 0 Å². The van der Waals surface area contributed by atoms with Crippen LogP contribution >= 0.6 is 0 Å². The van der Waals surface area contributed by atoms with E-state index in [0.717, 1.165) is 0 Å². The molecule has 0 spiro atoms. The molecule has 0 aliphatic heterocycles.